The fraction of sp³-hybridized carbons (Fsp3) is 0.538. The Kier molecular flexibility index (Phi) is 3.25. The van der Waals surface area contributed by atoms with Crippen molar-refractivity contribution >= 4 is 5.65 Å². The van der Waals surface area contributed by atoms with E-state index in [4.69, 9.17) is 5.73 Å². The number of rotatable bonds is 3. The van der Waals surface area contributed by atoms with E-state index < -0.39 is 0 Å². The summed E-state index contributed by atoms with van der Waals surface area (Å²) >= 11 is 0. The molecule has 0 spiro atoms. The number of nitrogens with one attached hydrogen (secondary N) is 1. The van der Waals surface area contributed by atoms with Crippen LogP contribution in [0, 0.1) is 5.92 Å². The van der Waals surface area contributed by atoms with Crippen LogP contribution in [-0.2, 0) is 13.0 Å². The zero-order valence-electron chi connectivity index (χ0n) is 10.5. The lowest BCUT2D eigenvalue weighted by atomic mass is 9.96. The Balaban J connectivity index is 1.83. The van der Waals surface area contributed by atoms with E-state index in [1.165, 1.54) is 12.8 Å². The van der Waals surface area contributed by atoms with E-state index in [0.29, 0.717) is 12.5 Å². The van der Waals surface area contributed by atoms with Crippen LogP contribution in [0.2, 0.25) is 0 Å². The molecule has 3 rings (SSSR count). The first-order chi connectivity index (χ1) is 8.86. The van der Waals surface area contributed by atoms with E-state index in [-0.39, 0.29) is 0 Å². The second-order valence-electron chi connectivity index (χ2n) is 5.00. The first-order valence-corrected chi connectivity index (χ1v) is 6.60. The Hall–Kier alpha value is -1.46. The molecular weight excluding hydrogens is 226 g/mol. The van der Waals surface area contributed by atoms with E-state index in [9.17, 15) is 0 Å². The molecule has 1 aliphatic heterocycles. The highest BCUT2D eigenvalue weighted by atomic mass is 15.2. The van der Waals surface area contributed by atoms with E-state index in [0.717, 1.165) is 36.5 Å². The Labute approximate surface area is 106 Å². The van der Waals surface area contributed by atoms with Crippen LogP contribution in [-0.4, -0.2) is 27.7 Å². The van der Waals surface area contributed by atoms with Gasteiger partial charge in [0.2, 0.25) is 0 Å². The maximum atomic E-state index is 5.63. The van der Waals surface area contributed by atoms with Crippen molar-refractivity contribution < 1.29 is 0 Å². The summed E-state index contributed by atoms with van der Waals surface area (Å²) in [6.07, 6.45) is 5.57. The molecule has 3 heterocycles. The molecule has 0 aromatic carbocycles. The van der Waals surface area contributed by atoms with Crippen LogP contribution in [0.25, 0.3) is 5.65 Å². The van der Waals surface area contributed by atoms with Crippen molar-refractivity contribution in [1.82, 2.24) is 19.9 Å². The summed E-state index contributed by atoms with van der Waals surface area (Å²) in [5.74, 6) is 1.74. The van der Waals surface area contributed by atoms with E-state index in [1.807, 2.05) is 18.3 Å². The third kappa shape index (κ3) is 2.23. The standard InChI is InChI=1S/C13H19N5/c14-8-10-3-5-18-12(6-10)16-17-13(18)7-11-2-1-4-15-9-11/h3,5-6,11,15H,1-2,4,7-9,14H2. The van der Waals surface area contributed by atoms with Gasteiger partial charge in [0.15, 0.2) is 5.65 Å². The summed E-state index contributed by atoms with van der Waals surface area (Å²) in [6, 6.07) is 4.05. The minimum atomic E-state index is 0.547. The summed E-state index contributed by atoms with van der Waals surface area (Å²) in [5.41, 5.74) is 7.63. The Morgan fingerprint density at radius 2 is 2.39 bits per heavy atom. The highest BCUT2D eigenvalue weighted by molar-refractivity contribution is 5.41. The van der Waals surface area contributed by atoms with Crippen LogP contribution < -0.4 is 11.1 Å². The first kappa shape index (κ1) is 11.6. The van der Waals surface area contributed by atoms with Crippen LogP contribution in [0.4, 0.5) is 0 Å². The van der Waals surface area contributed by atoms with Gasteiger partial charge in [0.25, 0.3) is 0 Å². The molecule has 0 aliphatic carbocycles. The molecule has 1 fully saturated rings. The van der Waals surface area contributed by atoms with Gasteiger partial charge in [-0.1, -0.05) is 0 Å². The van der Waals surface area contributed by atoms with Crippen molar-refractivity contribution in [2.24, 2.45) is 11.7 Å². The molecule has 3 N–H and O–H groups in total. The van der Waals surface area contributed by atoms with Gasteiger partial charge in [-0.05, 0) is 49.5 Å². The summed E-state index contributed by atoms with van der Waals surface area (Å²) in [7, 11) is 0. The van der Waals surface area contributed by atoms with Crippen LogP contribution in [0.1, 0.15) is 24.2 Å². The SMILES string of the molecule is NCc1ccn2c(CC3CCCNC3)nnc2c1. The highest BCUT2D eigenvalue weighted by Gasteiger charge is 2.16. The maximum Gasteiger partial charge on any atom is 0.161 e. The first-order valence-electron chi connectivity index (χ1n) is 6.60. The third-order valence-electron chi connectivity index (χ3n) is 3.65. The highest BCUT2D eigenvalue weighted by Crippen LogP contribution is 2.16. The fourth-order valence-electron chi connectivity index (χ4n) is 2.61. The van der Waals surface area contributed by atoms with Gasteiger partial charge in [0.05, 0.1) is 0 Å². The number of pyridine rings is 1. The van der Waals surface area contributed by atoms with Crippen molar-refractivity contribution in [3.05, 3.63) is 29.7 Å². The number of piperidine rings is 1. The predicted molar refractivity (Wildman–Crippen MR) is 70.2 cm³/mol. The molecule has 2 aromatic rings. The monoisotopic (exact) mass is 245 g/mol. The van der Waals surface area contributed by atoms with Crippen molar-refractivity contribution in [2.45, 2.75) is 25.8 Å². The molecule has 18 heavy (non-hydrogen) atoms. The minimum absolute atomic E-state index is 0.547. The van der Waals surface area contributed by atoms with Gasteiger partial charge in [-0.2, -0.15) is 0 Å². The van der Waals surface area contributed by atoms with Gasteiger partial charge >= 0.3 is 0 Å². The molecule has 1 atom stereocenters. The van der Waals surface area contributed by atoms with Crippen molar-refractivity contribution in [3.8, 4) is 0 Å². The smallest absolute Gasteiger partial charge is 0.161 e. The van der Waals surface area contributed by atoms with Gasteiger partial charge in [0.1, 0.15) is 5.82 Å². The summed E-state index contributed by atoms with van der Waals surface area (Å²) in [4.78, 5) is 0. The minimum Gasteiger partial charge on any atom is -0.326 e. The zero-order valence-corrected chi connectivity index (χ0v) is 10.5. The molecule has 96 valence electrons. The van der Waals surface area contributed by atoms with Crippen molar-refractivity contribution in [2.75, 3.05) is 13.1 Å². The van der Waals surface area contributed by atoms with E-state index in [2.05, 4.69) is 19.9 Å². The Bertz CT molecular complexity index is 527. The Morgan fingerprint density at radius 1 is 1.44 bits per heavy atom. The van der Waals surface area contributed by atoms with Gasteiger partial charge in [0, 0.05) is 19.2 Å². The number of fused-ring (bicyclic) bond motifs is 1. The molecule has 0 amide bonds. The molecule has 5 nitrogen and oxygen atoms in total. The molecule has 5 heteroatoms. The average Bonchev–Trinajstić information content (AvgIpc) is 2.82. The molecule has 0 bridgehead atoms. The molecule has 1 aliphatic rings. The number of nitrogens with two attached hydrogens (primary N) is 1. The summed E-state index contributed by atoms with van der Waals surface area (Å²) in [6.45, 7) is 2.79. The van der Waals surface area contributed by atoms with Crippen LogP contribution in [0.15, 0.2) is 18.3 Å². The summed E-state index contributed by atoms with van der Waals surface area (Å²) < 4.78 is 2.08. The normalized spacial score (nSPS) is 20.4. The molecule has 2 aromatic heterocycles. The van der Waals surface area contributed by atoms with E-state index >= 15 is 0 Å². The topological polar surface area (TPSA) is 68.2 Å². The van der Waals surface area contributed by atoms with Crippen molar-refractivity contribution in [1.29, 1.82) is 0 Å². The largest absolute Gasteiger partial charge is 0.326 e. The lowest BCUT2D eigenvalue weighted by Crippen LogP contribution is -2.31. The average molecular weight is 245 g/mol. The summed E-state index contributed by atoms with van der Waals surface area (Å²) in [5, 5.41) is 12.0. The van der Waals surface area contributed by atoms with Gasteiger partial charge in [-0.3, -0.25) is 4.40 Å². The van der Waals surface area contributed by atoms with Crippen molar-refractivity contribution in [3.63, 3.8) is 0 Å². The number of hydrogen-bond acceptors (Lipinski definition) is 4. The van der Waals surface area contributed by atoms with Gasteiger partial charge in [-0.15, -0.1) is 10.2 Å². The Morgan fingerprint density at radius 3 is 3.17 bits per heavy atom. The van der Waals surface area contributed by atoms with Gasteiger partial charge in [-0.25, -0.2) is 0 Å². The number of aromatic nitrogens is 3. The number of nitrogens with zero attached hydrogens (tertiary/aromatic N) is 3. The van der Waals surface area contributed by atoms with Crippen LogP contribution in [0.3, 0.4) is 0 Å². The number of hydrogen-bond donors (Lipinski definition) is 2. The molecule has 1 unspecified atom stereocenters. The molecule has 1 saturated heterocycles. The molecule has 0 radical (unpaired) electrons. The zero-order chi connectivity index (χ0) is 12.4. The lowest BCUT2D eigenvalue weighted by Gasteiger charge is -2.21. The van der Waals surface area contributed by atoms with Crippen LogP contribution >= 0.6 is 0 Å². The quantitative estimate of drug-likeness (QED) is 0.836. The second-order valence-corrected chi connectivity index (χ2v) is 5.00. The predicted octanol–water partition coefficient (Wildman–Crippen LogP) is 0.730. The maximum absolute atomic E-state index is 5.63. The van der Waals surface area contributed by atoms with E-state index in [1.54, 1.807) is 0 Å². The third-order valence-corrected chi connectivity index (χ3v) is 3.65. The van der Waals surface area contributed by atoms with Gasteiger partial charge < -0.3 is 11.1 Å². The lowest BCUT2D eigenvalue weighted by molar-refractivity contribution is 0.370. The molecule has 0 saturated carbocycles. The second kappa shape index (κ2) is 5.04. The van der Waals surface area contributed by atoms with Crippen LogP contribution in [0.5, 0.6) is 0 Å². The molecular formula is C13H19N5. The fourth-order valence-corrected chi connectivity index (χ4v) is 2.61.